The van der Waals surface area contributed by atoms with E-state index in [0.717, 1.165) is 12.3 Å². The molecule has 5 heteroatoms. The summed E-state index contributed by atoms with van der Waals surface area (Å²) in [5.41, 5.74) is -0.480. The van der Waals surface area contributed by atoms with Crippen molar-refractivity contribution >= 4 is 21.7 Å². The molecule has 0 aliphatic heterocycles. The number of furan rings is 1. The average molecular weight is 287 g/mol. The zero-order valence-corrected chi connectivity index (χ0v) is 9.42. The number of benzene rings is 1. The number of ketones is 1. The summed E-state index contributed by atoms with van der Waals surface area (Å²) in [6.07, 6.45) is 2.41. The van der Waals surface area contributed by atoms with E-state index in [2.05, 4.69) is 20.3 Å². The lowest BCUT2D eigenvalue weighted by atomic mass is 10.1. The first-order valence-electron chi connectivity index (χ1n) is 4.31. The number of hydrogen-bond acceptors (Lipinski definition) is 2. The molecule has 2 rings (SSSR count). The summed E-state index contributed by atoms with van der Waals surface area (Å²) in [6.45, 7) is 0. The number of carbonyl (C=O) groups is 1. The molecule has 2 nitrogen and oxygen atoms in total. The van der Waals surface area contributed by atoms with Gasteiger partial charge in [-0.3, -0.25) is 4.79 Å². The summed E-state index contributed by atoms with van der Waals surface area (Å²) in [5.74, 6) is -2.55. The standard InChI is InChI=1S/C11H5BrF2O2/c12-7-1-2-8(13)9(10(7)14)11(15)6-3-4-16-5-6/h1-5H. The third-order valence-electron chi connectivity index (χ3n) is 2.05. The highest BCUT2D eigenvalue weighted by Crippen LogP contribution is 2.24. The lowest BCUT2D eigenvalue weighted by Crippen LogP contribution is -2.07. The summed E-state index contributed by atoms with van der Waals surface area (Å²) in [7, 11) is 0. The van der Waals surface area contributed by atoms with Gasteiger partial charge in [-0.25, -0.2) is 8.78 Å². The Kier molecular flexibility index (Phi) is 2.87. The first-order chi connectivity index (χ1) is 7.61. The molecule has 1 aromatic carbocycles. The molecule has 0 saturated heterocycles. The van der Waals surface area contributed by atoms with Crippen molar-refractivity contribution in [2.75, 3.05) is 0 Å². The van der Waals surface area contributed by atoms with E-state index in [9.17, 15) is 13.6 Å². The van der Waals surface area contributed by atoms with Crippen LogP contribution in [0.5, 0.6) is 0 Å². The molecule has 82 valence electrons. The van der Waals surface area contributed by atoms with Gasteiger partial charge >= 0.3 is 0 Å². The molecule has 1 aromatic heterocycles. The van der Waals surface area contributed by atoms with Crippen LogP contribution in [0.25, 0.3) is 0 Å². The third-order valence-corrected chi connectivity index (χ3v) is 2.67. The fourth-order valence-electron chi connectivity index (χ4n) is 1.27. The molecule has 0 aliphatic carbocycles. The maximum absolute atomic E-state index is 13.6. The van der Waals surface area contributed by atoms with Crippen LogP contribution in [0, 0.1) is 11.6 Å². The van der Waals surface area contributed by atoms with E-state index in [1.165, 1.54) is 18.4 Å². The number of hydrogen-bond donors (Lipinski definition) is 0. The largest absolute Gasteiger partial charge is 0.472 e. The van der Waals surface area contributed by atoms with Crippen LogP contribution >= 0.6 is 15.9 Å². The highest BCUT2D eigenvalue weighted by atomic mass is 79.9. The van der Waals surface area contributed by atoms with Crippen LogP contribution in [0.2, 0.25) is 0 Å². The van der Waals surface area contributed by atoms with Gasteiger partial charge in [0.2, 0.25) is 5.78 Å². The fraction of sp³-hybridized carbons (Fsp3) is 0. The zero-order valence-electron chi connectivity index (χ0n) is 7.84. The second-order valence-electron chi connectivity index (χ2n) is 3.06. The summed E-state index contributed by atoms with van der Waals surface area (Å²) in [6, 6.07) is 3.58. The molecular weight excluding hydrogens is 282 g/mol. The van der Waals surface area contributed by atoms with Crippen LogP contribution in [0.1, 0.15) is 15.9 Å². The van der Waals surface area contributed by atoms with Crippen LogP contribution < -0.4 is 0 Å². The Balaban J connectivity index is 2.56. The van der Waals surface area contributed by atoms with Crippen molar-refractivity contribution in [1.82, 2.24) is 0 Å². The molecule has 0 radical (unpaired) electrons. The Bertz CT molecular complexity index is 535. The topological polar surface area (TPSA) is 30.2 Å². The minimum absolute atomic E-state index is 0.0424. The van der Waals surface area contributed by atoms with Crippen molar-refractivity contribution < 1.29 is 18.0 Å². The first-order valence-corrected chi connectivity index (χ1v) is 5.11. The predicted molar refractivity (Wildman–Crippen MR) is 56.2 cm³/mol. The minimum Gasteiger partial charge on any atom is -0.472 e. The van der Waals surface area contributed by atoms with Crippen LogP contribution in [-0.2, 0) is 0 Å². The van der Waals surface area contributed by atoms with Gasteiger partial charge in [-0.2, -0.15) is 0 Å². The number of rotatable bonds is 2. The number of carbonyl (C=O) groups excluding carboxylic acids is 1. The molecular formula is C11H5BrF2O2. The van der Waals surface area contributed by atoms with Crippen LogP contribution in [0.3, 0.4) is 0 Å². The lowest BCUT2D eigenvalue weighted by Gasteiger charge is -2.03. The van der Waals surface area contributed by atoms with E-state index in [0.29, 0.717) is 0 Å². The van der Waals surface area contributed by atoms with Gasteiger partial charge in [-0.1, -0.05) is 0 Å². The predicted octanol–water partition coefficient (Wildman–Crippen LogP) is 3.55. The van der Waals surface area contributed by atoms with Gasteiger partial charge in [0, 0.05) is 0 Å². The Labute approximate surface area is 98.0 Å². The Morgan fingerprint density at radius 3 is 2.62 bits per heavy atom. The molecule has 0 fully saturated rings. The van der Waals surface area contributed by atoms with E-state index >= 15 is 0 Å². The van der Waals surface area contributed by atoms with Crippen LogP contribution in [0.4, 0.5) is 8.78 Å². The van der Waals surface area contributed by atoms with Gasteiger partial charge in [-0.05, 0) is 34.1 Å². The smallest absolute Gasteiger partial charge is 0.202 e. The van der Waals surface area contributed by atoms with Crippen molar-refractivity contribution in [1.29, 1.82) is 0 Å². The molecule has 2 aromatic rings. The summed E-state index contributed by atoms with van der Waals surface area (Å²) < 4.78 is 31.7. The van der Waals surface area contributed by atoms with Gasteiger partial charge in [0.05, 0.1) is 21.9 Å². The Morgan fingerprint density at radius 2 is 2.00 bits per heavy atom. The second kappa shape index (κ2) is 4.17. The molecule has 0 unspecified atom stereocenters. The average Bonchev–Trinajstić information content (AvgIpc) is 2.77. The molecule has 1 heterocycles. The van der Waals surface area contributed by atoms with E-state index < -0.39 is 23.0 Å². The monoisotopic (exact) mass is 286 g/mol. The molecule has 0 spiro atoms. The van der Waals surface area contributed by atoms with Crippen molar-refractivity contribution in [3.8, 4) is 0 Å². The van der Waals surface area contributed by atoms with Gasteiger partial charge in [0.25, 0.3) is 0 Å². The maximum atomic E-state index is 13.6. The van der Waals surface area contributed by atoms with Gasteiger partial charge < -0.3 is 4.42 Å². The van der Waals surface area contributed by atoms with Gasteiger partial charge in [0.1, 0.15) is 12.1 Å². The highest BCUT2D eigenvalue weighted by Gasteiger charge is 2.21. The van der Waals surface area contributed by atoms with Gasteiger partial charge in [-0.15, -0.1) is 0 Å². The number of halogens is 3. The fourth-order valence-corrected chi connectivity index (χ4v) is 1.60. The first kappa shape index (κ1) is 11.0. The molecule has 0 atom stereocenters. The maximum Gasteiger partial charge on any atom is 0.202 e. The second-order valence-corrected chi connectivity index (χ2v) is 3.91. The quantitative estimate of drug-likeness (QED) is 0.624. The normalized spacial score (nSPS) is 10.4. The van der Waals surface area contributed by atoms with Crippen molar-refractivity contribution in [2.45, 2.75) is 0 Å². The molecule has 0 aliphatic rings. The molecule has 0 amide bonds. The van der Waals surface area contributed by atoms with Crippen LogP contribution in [-0.4, -0.2) is 5.78 Å². The highest BCUT2D eigenvalue weighted by molar-refractivity contribution is 9.10. The van der Waals surface area contributed by atoms with E-state index in [1.54, 1.807) is 0 Å². The van der Waals surface area contributed by atoms with E-state index in [1.807, 2.05) is 0 Å². The van der Waals surface area contributed by atoms with Crippen molar-refractivity contribution in [3.63, 3.8) is 0 Å². The Hall–Kier alpha value is -1.49. The molecule has 0 N–H and O–H groups in total. The van der Waals surface area contributed by atoms with E-state index in [4.69, 9.17) is 0 Å². The minimum atomic E-state index is -0.911. The van der Waals surface area contributed by atoms with Crippen molar-refractivity contribution in [3.05, 3.63) is 58.0 Å². The molecule has 0 bridgehead atoms. The zero-order chi connectivity index (χ0) is 11.7. The lowest BCUT2D eigenvalue weighted by molar-refractivity contribution is 0.103. The van der Waals surface area contributed by atoms with Crippen LogP contribution in [0.15, 0.2) is 39.6 Å². The third kappa shape index (κ3) is 1.78. The molecule has 16 heavy (non-hydrogen) atoms. The SMILES string of the molecule is O=C(c1ccoc1)c1c(F)ccc(Br)c1F. The summed E-state index contributed by atoms with van der Waals surface area (Å²) in [5, 5.41) is 0. The van der Waals surface area contributed by atoms with Gasteiger partial charge in [0.15, 0.2) is 5.82 Å². The summed E-state index contributed by atoms with van der Waals surface area (Å²) in [4.78, 5) is 11.7. The Morgan fingerprint density at radius 1 is 1.25 bits per heavy atom. The van der Waals surface area contributed by atoms with Crippen molar-refractivity contribution in [2.24, 2.45) is 0 Å². The van der Waals surface area contributed by atoms with E-state index in [-0.39, 0.29) is 10.0 Å². The molecule has 0 saturated carbocycles. The summed E-state index contributed by atoms with van der Waals surface area (Å²) >= 11 is 2.89.